The summed E-state index contributed by atoms with van der Waals surface area (Å²) >= 11 is 0. The van der Waals surface area contributed by atoms with Gasteiger partial charge in [0.05, 0.1) is 6.61 Å². The highest BCUT2D eigenvalue weighted by Crippen LogP contribution is 2.22. The molecule has 0 bridgehead atoms. The molecule has 0 amide bonds. The molecule has 0 spiro atoms. The van der Waals surface area contributed by atoms with Crippen LogP contribution in [-0.2, 0) is 0 Å². The first-order valence-corrected chi connectivity index (χ1v) is 5.50. The maximum atomic E-state index is 11.7. The molecule has 0 aliphatic rings. The van der Waals surface area contributed by atoms with Gasteiger partial charge in [-0.1, -0.05) is 0 Å². The van der Waals surface area contributed by atoms with Crippen molar-refractivity contribution in [1.82, 2.24) is 0 Å². The number of hydrogen-bond donors (Lipinski definition) is 0. The van der Waals surface area contributed by atoms with Crippen molar-refractivity contribution in [3.63, 3.8) is 0 Å². The first-order chi connectivity index (χ1) is 8.11. The van der Waals surface area contributed by atoms with Crippen LogP contribution in [0.15, 0.2) is 33.5 Å². The minimum absolute atomic E-state index is 0.337. The number of fused-ring (bicyclic) bond motifs is 1. The average Bonchev–Trinajstić information content (AvgIpc) is 2.28. The van der Waals surface area contributed by atoms with Gasteiger partial charge in [-0.15, -0.1) is 0 Å². The summed E-state index contributed by atoms with van der Waals surface area (Å²) in [5.41, 5.74) is 0.754. The van der Waals surface area contributed by atoms with Crippen molar-refractivity contribution in [2.24, 2.45) is 0 Å². The third kappa shape index (κ3) is 2.25. The Labute approximate surface area is 99.4 Å². The van der Waals surface area contributed by atoms with Gasteiger partial charge in [-0.05, 0) is 25.1 Å². The number of nitrogens with zero attached hydrogens (tertiary/aromatic N) is 1. The van der Waals surface area contributed by atoms with E-state index in [0.29, 0.717) is 23.6 Å². The summed E-state index contributed by atoms with van der Waals surface area (Å²) < 4.78 is 10.6. The lowest BCUT2D eigenvalue weighted by Crippen LogP contribution is -2.17. The van der Waals surface area contributed by atoms with E-state index >= 15 is 0 Å². The molecule has 90 valence electrons. The van der Waals surface area contributed by atoms with Crippen LogP contribution in [0.2, 0.25) is 0 Å². The number of anilines is 1. The molecule has 0 aliphatic heterocycles. The first kappa shape index (κ1) is 11.5. The molecule has 0 unspecified atom stereocenters. The molecule has 0 fully saturated rings. The van der Waals surface area contributed by atoms with Crippen molar-refractivity contribution in [3.05, 3.63) is 34.7 Å². The number of benzene rings is 1. The lowest BCUT2D eigenvalue weighted by atomic mass is 10.2. The predicted molar refractivity (Wildman–Crippen MR) is 68.0 cm³/mol. The maximum Gasteiger partial charge on any atom is 0.360 e. The Morgan fingerprint density at radius 1 is 1.29 bits per heavy atom. The molecule has 0 atom stereocenters. The van der Waals surface area contributed by atoms with Crippen LogP contribution in [0, 0.1) is 0 Å². The Morgan fingerprint density at radius 3 is 2.71 bits per heavy atom. The summed E-state index contributed by atoms with van der Waals surface area (Å²) in [7, 11) is 3.62. The third-order valence-electron chi connectivity index (χ3n) is 2.48. The van der Waals surface area contributed by atoms with Crippen LogP contribution in [0.25, 0.3) is 11.0 Å². The summed E-state index contributed by atoms with van der Waals surface area (Å²) in [6, 6.07) is 7.30. The molecule has 1 heterocycles. The Morgan fingerprint density at radius 2 is 2.06 bits per heavy atom. The van der Waals surface area contributed by atoms with Crippen molar-refractivity contribution in [1.29, 1.82) is 0 Å². The van der Waals surface area contributed by atoms with Crippen LogP contribution >= 0.6 is 0 Å². The first-order valence-electron chi connectivity index (χ1n) is 5.50. The van der Waals surface area contributed by atoms with E-state index in [4.69, 9.17) is 9.15 Å². The third-order valence-corrected chi connectivity index (χ3v) is 2.48. The van der Waals surface area contributed by atoms with Gasteiger partial charge in [0.25, 0.3) is 0 Å². The number of rotatable bonds is 3. The average molecular weight is 233 g/mol. The van der Waals surface area contributed by atoms with Crippen molar-refractivity contribution in [2.45, 2.75) is 6.92 Å². The zero-order valence-corrected chi connectivity index (χ0v) is 10.2. The van der Waals surface area contributed by atoms with E-state index in [1.165, 1.54) is 0 Å². The van der Waals surface area contributed by atoms with E-state index in [2.05, 4.69) is 0 Å². The summed E-state index contributed by atoms with van der Waals surface area (Å²) in [6.07, 6.45) is 0. The van der Waals surface area contributed by atoms with Crippen LogP contribution < -0.4 is 15.3 Å². The van der Waals surface area contributed by atoms with Crippen LogP contribution in [0.5, 0.6) is 5.75 Å². The lowest BCUT2D eigenvalue weighted by molar-refractivity contribution is 0.340. The maximum absolute atomic E-state index is 11.7. The van der Waals surface area contributed by atoms with Gasteiger partial charge in [0.1, 0.15) is 17.0 Å². The Bertz CT molecular complexity index is 587. The Balaban J connectivity index is 2.58. The minimum atomic E-state index is -0.337. The molecule has 1 aromatic carbocycles. The van der Waals surface area contributed by atoms with E-state index in [9.17, 15) is 4.79 Å². The van der Waals surface area contributed by atoms with E-state index in [0.717, 1.165) is 5.39 Å². The van der Waals surface area contributed by atoms with Crippen molar-refractivity contribution in [2.75, 3.05) is 25.6 Å². The second-order valence-electron chi connectivity index (χ2n) is 3.95. The molecule has 2 rings (SSSR count). The zero-order chi connectivity index (χ0) is 12.4. The summed E-state index contributed by atoms with van der Waals surface area (Å²) in [6.45, 7) is 2.50. The molecular weight excluding hydrogens is 218 g/mol. The fourth-order valence-corrected chi connectivity index (χ4v) is 1.65. The van der Waals surface area contributed by atoms with Crippen molar-refractivity contribution in [3.8, 4) is 5.75 Å². The molecule has 1 aromatic heterocycles. The monoisotopic (exact) mass is 233 g/mol. The van der Waals surface area contributed by atoms with E-state index in [1.807, 2.05) is 39.2 Å². The quantitative estimate of drug-likeness (QED) is 0.763. The summed E-state index contributed by atoms with van der Waals surface area (Å²) in [4.78, 5) is 13.4. The molecule has 0 N–H and O–H groups in total. The highest BCUT2D eigenvalue weighted by molar-refractivity contribution is 5.81. The van der Waals surface area contributed by atoms with Gasteiger partial charge in [-0.25, -0.2) is 4.79 Å². The van der Waals surface area contributed by atoms with Gasteiger partial charge in [0, 0.05) is 25.5 Å². The van der Waals surface area contributed by atoms with Gasteiger partial charge in [-0.2, -0.15) is 0 Å². The highest BCUT2D eigenvalue weighted by Gasteiger charge is 2.07. The second-order valence-corrected chi connectivity index (χ2v) is 3.95. The smallest absolute Gasteiger partial charge is 0.360 e. The SMILES string of the molecule is CCOc1ccc2cc(N(C)C)c(=O)oc2c1. The molecule has 0 saturated carbocycles. The van der Waals surface area contributed by atoms with Crippen LogP contribution in [-0.4, -0.2) is 20.7 Å². The molecule has 17 heavy (non-hydrogen) atoms. The minimum Gasteiger partial charge on any atom is -0.494 e. The van der Waals surface area contributed by atoms with Gasteiger partial charge < -0.3 is 14.1 Å². The molecule has 2 aromatic rings. The second kappa shape index (κ2) is 4.49. The van der Waals surface area contributed by atoms with Gasteiger partial charge in [-0.3, -0.25) is 0 Å². The van der Waals surface area contributed by atoms with E-state index in [1.54, 1.807) is 11.0 Å². The normalized spacial score (nSPS) is 10.5. The Hall–Kier alpha value is -1.97. The molecular formula is C13H15NO3. The van der Waals surface area contributed by atoms with Crippen LogP contribution in [0.3, 0.4) is 0 Å². The molecule has 4 heteroatoms. The molecule has 0 aliphatic carbocycles. The predicted octanol–water partition coefficient (Wildman–Crippen LogP) is 2.26. The van der Waals surface area contributed by atoms with Crippen LogP contribution in [0.4, 0.5) is 5.69 Å². The van der Waals surface area contributed by atoms with E-state index < -0.39 is 0 Å². The largest absolute Gasteiger partial charge is 0.494 e. The van der Waals surface area contributed by atoms with Gasteiger partial charge >= 0.3 is 5.63 Å². The van der Waals surface area contributed by atoms with Gasteiger partial charge in [0.15, 0.2) is 0 Å². The summed E-state index contributed by atoms with van der Waals surface area (Å²) in [5, 5.41) is 0.886. The number of ether oxygens (including phenoxy) is 1. The standard InChI is InChI=1S/C13H15NO3/c1-4-16-10-6-5-9-7-11(14(2)3)13(15)17-12(9)8-10/h5-8H,4H2,1-3H3. The highest BCUT2D eigenvalue weighted by atomic mass is 16.5. The molecule has 4 nitrogen and oxygen atoms in total. The lowest BCUT2D eigenvalue weighted by Gasteiger charge is -2.11. The molecule has 0 saturated heterocycles. The fraction of sp³-hybridized carbons (Fsp3) is 0.308. The Kier molecular flexibility index (Phi) is 3.04. The van der Waals surface area contributed by atoms with E-state index in [-0.39, 0.29) is 5.63 Å². The van der Waals surface area contributed by atoms with Crippen LogP contribution in [0.1, 0.15) is 6.92 Å². The summed E-state index contributed by atoms with van der Waals surface area (Å²) in [5.74, 6) is 0.709. The molecule has 0 radical (unpaired) electrons. The van der Waals surface area contributed by atoms with Gasteiger partial charge in [0.2, 0.25) is 0 Å². The van der Waals surface area contributed by atoms with Crippen molar-refractivity contribution >= 4 is 16.7 Å². The topological polar surface area (TPSA) is 42.7 Å². The zero-order valence-electron chi connectivity index (χ0n) is 10.2. The fourth-order valence-electron chi connectivity index (χ4n) is 1.65. The number of hydrogen-bond acceptors (Lipinski definition) is 4. The van der Waals surface area contributed by atoms with Crippen molar-refractivity contribution < 1.29 is 9.15 Å².